The first-order chi connectivity index (χ1) is 13.6. The van der Waals surface area contributed by atoms with Crippen molar-refractivity contribution in [3.63, 3.8) is 0 Å². The fourth-order valence-electron chi connectivity index (χ4n) is 3.04. The first-order valence-electron chi connectivity index (χ1n) is 9.64. The Morgan fingerprint density at radius 1 is 1.03 bits per heavy atom. The normalized spacial score (nSPS) is 11.3. The molecule has 5 heteroatoms. The van der Waals surface area contributed by atoms with Crippen LogP contribution in [0.5, 0.6) is 11.5 Å². The molecule has 2 aromatic rings. The number of phenols is 1. The molecule has 0 heterocycles. The predicted molar refractivity (Wildman–Crippen MR) is 114 cm³/mol. The number of ether oxygens (including phenoxy) is 2. The van der Waals surface area contributed by atoms with Crippen molar-refractivity contribution in [1.82, 2.24) is 0 Å². The lowest BCUT2D eigenvalue weighted by atomic mass is 9.96. The van der Waals surface area contributed by atoms with E-state index in [1.54, 1.807) is 44.2 Å². The number of hydrogen-bond acceptors (Lipinski definition) is 5. The van der Waals surface area contributed by atoms with Gasteiger partial charge in [-0.3, -0.25) is 4.79 Å². The first-order valence-corrected chi connectivity index (χ1v) is 9.64. The van der Waals surface area contributed by atoms with Crippen molar-refractivity contribution >= 4 is 17.8 Å². The van der Waals surface area contributed by atoms with Crippen molar-refractivity contribution in [2.24, 2.45) is 0 Å². The Morgan fingerprint density at radius 2 is 1.69 bits per heavy atom. The summed E-state index contributed by atoms with van der Waals surface area (Å²) in [5, 5.41) is 9.88. The van der Waals surface area contributed by atoms with Crippen LogP contribution in [0.25, 0.3) is 6.08 Å². The molecule has 1 N–H and O–H groups in total. The molecular formula is C24H28O5. The summed E-state index contributed by atoms with van der Waals surface area (Å²) in [6, 6.07) is 8.19. The molecule has 29 heavy (non-hydrogen) atoms. The van der Waals surface area contributed by atoms with E-state index in [0.717, 1.165) is 5.56 Å². The Labute approximate surface area is 172 Å². The molecule has 0 spiro atoms. The maximum atomic E-state index is 12.6. The van der Waals surface area contributed by atoms with Gasteiger partial charge in [0.2, 0.25) is 0 Å². The number of carbonyl (C=O) groups excluding carboxylic acids is 2. The van der Waals surface area contributed by atoms with Gasteiger partial charge in [0.15, 0.2) is 5.78 Å². The Kier molecular flexibility index (Phi) is 7.21. The van der Waals surface area contributed by atoms with E-state index in [1.165, 1.54) is 12.1 Å². The van der Waals surface area contributed by atoms with E-state index in [1.807, 2.05) is 27.7 Å². The zero-order chi connectivity index (χ0) is 21.7. The van der Waals surface area contributed by atoms with Crippen LogP contribution in [0.4, 0.5) is 0 Å². The van der Waals surface area contributed by atoms with E-state index in [0.29, 0.717) is 22.4 Å². The summed E-state index contributed by atoms with van der Waals surface area (Å²) in [5.41, 5.74) is 2.77. The van der Waals surface area contributed by atoms with Crippen molar-refractivity contribution in [2.75, 3.05) is 0 Å². The van der Waals surface area contributed by atoms with E-state index < -0.39 is 5.97 Å². The van der Waals surface area contributed by atoms with Crippen LogP contribution in [-0.4, -0.2) is 29.1 Å². The number of benzene rings is 2. The Balaban J connectivity index is 2.49. The number of aryl methyl sites for hydroxylation is 1. The third-order valence-corrected chi connectivity index (χ3v) is 4.23. The molecule has 0 radical (unpaired) electrons. The second kappa shape index (κ2) is 9.41. The topological polar surface area (TPSA) is 72.8 Å². The van der Waals surface area contributed by atoms with Gasteiger partial charge in [0.05, 0.1) is 23.3 Å². The number of rotatable bonds is 7. The van der Waals surface area contributed by atoms with E-state index in [4.69, 9.17) is 9.47 Å². The number of carbonyl (C=O) groups is 2. The van der Waals surface area contributed by atoms with Crippen LogP contribution in [0.1, 0.15) is 65.1 Å². The molecule has 5 nitrogen and oxygen atoms in total. The van der Waals surface area contributed by atoms with Gasteiger partial charge in [0, 0.05) is 11.1 Å². The third kappa shape index (κ3) is 5.47. The van der Waals surface area contributed by atoms with Gasteiger partial charge in [0.1, 0.15) is 11.5 Å². The summed E-state index contributed by atoms with van der Waals surface area (Å²) >= 11 is 0. The van der Waals surface area contributed by atoms with Gasteiger partial charge in [-0.05, 0) is 77.5 Å². The van der Waals surface area contributed by atoms with Crippen LogP contribution >= 0.6 is 0 Å². The fourth-order valence-corrected chi connectivity index (χ4v) is 3.04. The lowest BCUT2D eigenvalue weighted by Crippen LogP contribution is -2.16. The van der Waals surface area contributed by atoms with Crippen molar-refractivity contribution < 1.29 is 24.2 Å². The number of allylic oxidation sites excluding steroid dienone is 1. The summed E-state index contributed by atoms with van der Waals surface area (Å²) in [7, 11) is 0. The largest absolute Gasteiger partial charge is 0.507 e. The maximum absolute atomic E-state index is 12.6. The molecule has 0 aliphatic rings. The number of para-hydroxylation sites is 1. The summed E-state index contributed by atoms with van der Waals surface area (Å²) in [6.07, 6.45) is 2.69. The average molecular weight is 396 g/mol. The molecule has 0 amide bonds. The van der Waals surface area contributed by atoms with Gasteiger partial charge >= 0.3 is 5.97 Å². The highest BCUT2D eigenvalue weighted by molar-refractivity contribution is 6.08. The highest BCUT2D eigenvalue weighted by atomic mass is 16.5. The monoisotopic (exact) mass is 396 g/mol. The molecule has 0 aliphatic carbocycles. The van der Waals surface area contributed by atoms with Crippen molar-refractivity contribution in [3.05, 3.63) is 64.2 Å². The average Bonchev–Trinajstić information content (AvgIpc) is 2.61. The zero-order valence-electron chi connectivity index (χ0n) is 17.8. The van der Waals surface area contributed by atoms with Crippen LogP contribution in [0, 0.1) is 13.8 Å². The second-order valence-corrected chi connectivity index (χ2v) is 7.45. The Morgan fingerprint density at radius 3 is 2.28 bits per heavy atom. The SMILES string of the molecule is Cc1cc(/C=C/C(=O)c2ccccc2O)c(OC(C)C)c(C)c1C(=O)OC(C)C. The number of phenolic OH excluding ortho intramolecular Hbond substituents is 1. The molecule has 0 atom stereocenters. The zero-order valence-corrected chi connectivity index (χ0v) is 17.8. The number of aromatic hydroxyl groups is 1. The third-order valence-electron chi connectivity index (χ3n) is 4.23. The minimum atomic E-state index is -0.399. The number of hydrogen-bond donors (Lipinski definition) is 1. The van der Waals surface area contributed by atoms with Gasteiger partial charge in [-0.1, -0.05) is 12.1 Å². The van der Waals surface area contributed by atoms with Gasteiger partial charge in [-0.2, -0.15) is 0 Å². The summed E-state index contributed by atoms with van der Waals surface area (Å²) < 4.78 is 11.3. The van der Waals surface area contributed by atoms with Gasteiger partial charge in [-0.25, -0.2) is 4.79 Å². The van der Waals surface area contributed by atoms with Gasteiger partial charge < -0.3 is 14.6 Å². The molecule has 154 valence electrons. The summed E-state index contributed by atoms with van der Waals surface area (Å²) in [5.74, 6) is -0.260. The lowest BCUT2D eigenvalue weighted by Gasteiger charge is -2.20. The van der Waals surface area contributed by atoms with Crippen LogP contribution in [0.3, 0.4) is 0 Å². The Hall–Kier alpha value is -3.08. The van der Waals surface area contributed by atoms with E-state index in [9.17, 15) is 14.7 Å². The molecule has 0 aromatic heterocycles. The summed E-state index contributed by atoms with van der Waals surface area (Å²) in [6.45, 7) is 11.0. The highest BCUT2D eigenvalue weighted by Crippen LogP contribution is 2.32. The minimum Gasteiger partial charge on any atom is -0.507 e. The molecule has 2 rings (SSSR count). The number of ketones is 1. The standard InChI is InChI=1S/C24H28O5/c1-14(2)28-23-17(6)22(24(27)29-15(3)4)16(5)13-18(23)11-12-21(26)19-9-7-8-10-20(19)25/h7-15,25H,1-6H3/b12-11+. The molecule has 0 unspecified atom stereocenters. The van der Waals surface area contributed by atoms with Crippen LogP contribution in [0.15, 0.2) is 36.4 Å². The van der Waals surface area contributed by atoms with Crippen LogP contribution in [0.2, 0.25) is 0 Å². The van der Waals surface area contributed by atoms with Gasteiger partial charge in [0.25, 0.3) is 0 Å². The molecule has 0 fully saturated rings. The van der Waals surface area contributed by atoms with Crippen LogP contribution < -0.4 is 4.74 Å². The quantitative estimate of drug-likeness (QED) is 0.393. The highest BCUT2D eigenvalue weighted by Gasteiger charge is 2.21. The van der Waals surface area contributed by atoms with Crippen molar-refractivity contribution in [3.8, 4) is 11.5 Å². The number of esters is 1. The van der Waals surface area contributed by atoms with Gasteiger partial charge in [-0.15, -0.1) is 0 Å². The molecular weight excluding hydrogens is 368 g/mol. The lowest BCUT2D eigenvalue weighted by molar-refractivity contribution is 0.0375. The molecule has 0 saturated carbocycles. The molecule has 0 saturated heterocycles. The minimum absolute atomic E-state index is 0.0695. The van der Waals surface area contributed by atoms with Crippen LogP contribution in [-0.2, 0) is 4.74 Å². The second-order valence-electron chi connectivity index (χ2n) is 7.45. The van der Waals surface area contributed by atoms with E-state index >= 15 is 0 Å². The van der Waals surface area contributed by atoms with E-state index in [2.05, 4.69) is 0 Å². The summed E-state index contributed by atoms with van der Waals surface area (Å²) in [4.78, 5) is 25.0. The van der Waals surface area contributed by atoms with Crippen molar-refractivity contribution in [1.29, 1.82) is 0 Å². The first kappa shape index (κ1) is 22.2. The fraction of sp³-hybridized carbons (Fsp3) is 0.333. The molecule has 0 bridgehead atoms. The van der Waals surface area contributed by atoms with Crippen molar-refractivity contribution in [2.45, 2.75) is 53.8 Å². The molecule has 0 aliphatic heterocycles. The maximum Gasteiger partial charge on any atom is 0.339 e. The van der Waals surface area contributed by atoms with E-state index in [-0.39, 0.29) is 29.3 Å². The smallest absolute Gasteiger partial charge is 0.339 e. The Bertz CT molecular complexity index is 939. The predicted octanol–water partition coefficient (Wildman–Crippen LogP) is 5.26. The molecule has 2 aromatic carbocycles.